The Bertz CT molecular complexity index is 438. The monoisotopic (exact) mass is 262 g/mol. The molecule has 3 heteroatoms. The summed E-state index contributed by atoms with van der Waals surface area (Å²) < 4.78 is 0.848. The maximum atomic E-state index is 8.95. The van der Waals surface area contributed by atoms with E-state index in [1.54, 1.807) is 6.07 Å². The number of rotatable bonds is 3. The second kappa shape index (κ2) is 5.53. The molecule has 0 unspecified atom stereocenters. The van der Waals surface area contributed by atoms with E-state index in [0.717, 1.165) is 28.4 Å². The molecule has 0 aromatic heterocycles. The number of benzene rings is 1. The van der Waals surface area contributed by atoms with E-state index in [1.165, 1.54) is 0 Å². The van der Waals surface area contributed by atoms with Crippen LogP contribution in [-0.4, -0.2) is 0 Å². The molecule has 0 aliphatic heterocycles. The van der Waals surface area contributed by atoms with Crippen molar-refractivity contribution < 1.29 is 0 Å². The minimum absolute atomic E-state index is 0.378. The predicted molar refractivity (Wildman–Crippen MR) is 62.2 cm³/mol. The average molecular weight is 263 g/mol. The molecule has 0 heterocycles. The molecule has 0 atom stereocenters. The average Bonchev–Trinajstić information content (AvgIpc) is 2.23. The molecule has 0 aliphatic carbocycles. The molecule has 0 spiro atoms. The minimum atomic E-state index is 0.378. The minimum Gasteiger partial charge on any atom is -0.198 e. The number of aryl methyl sites for hydroxylation is 1. The molecule has 15 heavy (non-hydrogen) atoms. The second-order valence-corrected chi connectivity index (χ2v) is 4.15. The van der Waals surface area contributed by atoms with Crippen LogP contribution in [0.25, 0.3) is 0 Å². The van der Waals surface area contributed by atoms with Crippen molar-refractivity contribution in [1.82, 2.24) is 0 Å². The molecule has 1 rings (SSSR count). The van der Waals surface area contributed by atoms with Crippen LogP contribution in [0.5, 0.6) is 0 Å². The summed E-state index contributed by atoms with van der Waals surface area (Å²) in [6.45, 7) is 2.08. The van der Waals surface area contributed by atoms with E-state index in [1.807, 2.05) is 6.07 Å². The molecule has 0 saturated carbocycles. The Morgan fingerprint density at radius 2 is 2.00 bits per heavy atom. The van der Waals surface area contributed by atoms with Gasteiger partial charge in [0.2, 0.25) is 0 Å². The third kappa shape index (κ3) is 2.81. The quantitative estimate of drug-likeness (QED) is 0.839. The lowest BCUT2D eigenvalue weighted by atomic mass is 10.00. The van der Waals surface area contributed by atoms with Crippen LogP contribution in [0.3, 0.4) is 0 Å². The Kier molecular flexibility index (Phi) is 4.34. The van der Waals surface area contributed by atoms with Crippen molar-refractivity contribution in [3.63, 3.8) is 0 Å². The second-order valence-electron chi connectivity index (χ2n) is 3.30. The molecule has 0 fully saturated rings. The topological polar surface area (TPSA) is 47.6 Å². The Balaban J connectivity index is 3.20. The number of halogens is 1. The molecular formula is C12H11BrN2. The normalized spacial score (nSPS) is 9.33. The van der Waals surface area contributed by atoms with Gasteiger partial charge in [-0.05, 0) is 23.6 Å². The largest absolute Gasteiger partial charge is 0.198 e. The molecular weight excluding hydrogens is 252 g/mol. The van der Waals surface area contributed by atoms with Gasteiger partial charge in [0, 0.05) is 4.47 Å². The van der Waals surface area contributed by atoms with Crippen LogP contribution in [0.4, 0.5) is 0 Å². The van der Waals surface area contributed by atoms with Gasteiger partial charge in [-0.1, -0.05) is 35.3 Å². The number of hydrogen-bond acceptors (Lipinski definition) is 2. The fourth-order valence-corrected chi connectivity index (χ4v) is 1.95. The van der Waals surface area contributed by atoms with Crippen LogP contribution in [0.15, 0.2) is 16.6 Å². The van der Waals surface area contributed by atoms with Crippen molar-refractivity contribution in [2.75, 3.05) is 0 Å². The highest BCUT2D eigenvalue weighted by Crippen LogP contribution is 2.23. The molecule has 1 aromatic carbocycles. The highest BCUT2D eigenvalue weighted by Gasteiger charge is 2.07. The first kappa shape index (κ1) is 11.8. The standard InChI is InChI=1S/C12H11BrN2/c1-2-3-9-6-10(4-5-14)12(13)7-11(9)8-15/h6-7H,2-4H2,1H3. The van der Waals surface area contributed by atoms with Gasteiger partial charge >= 0.3 is 0 Å². The summed E-state index contributed by atoms with van der Waals surface area (Å²) in [6.07, 6.45) is 2.26. The molecule has 0 radical (unpaired) electrons. The molecule has 0 N–H and O–H groups in total. The van der Waals surface area contributed by atoms with Crippen molar-refractivity contribution in [1.29, 1.82) is 10.5 Å². The first-order valence-corrected chi connectivity index (χ1v) is 5.60. The zero-order valence-corrected chi connectivity index (χ0v) is 10.1. The van der Waals surface area contributed by atoms with Crippen LogP contribution in [0.2, 0.25) is 0 Å². The van der Waals surface area contributed by atoms with E-state index in [4.69, 9.17) is 10.5 Å². The molecule has 76 valence electrons. The summed E-state index contributed by atoms with van der Waals surface area (Å²) in [5, 5.41) is 17.6. The summed E-state index contributed by atoms with van der Waals surface area (Å²) in [6, 6.07) is 8.05. The molecule has 0 aliphatic rings. The van der Waals surface area contributed by atoms with E-state index in [9.17, 15) is 0 Å². The SMILES string of the molecule is CCCc1cc(CC#N)c(Br)cc1C#N. The Morgan fingerprint density at radius 1 is 1.27 bits per heavy atom. The summed E-state index contributed by atoms with van der Waals surface area (Å²) in [5.41, 5.74) is 2.69. The van der Waals surface area contributed by atoms with Crippen molar-refractivity contribution in [2.45, 2.75) is 26.2 Å². The summed E-state index contributed by atoms with van der Waals surface area (Å²) in [5.74, 6) is 0. The molecule has 1 aromatic rings. The number of hydrogen-bond donors (Lipinski definition) is 0. The Morgan fingerprint density at radius 3 is 2.53 bits per heavy atom. The van der Waals surface area contributed by atoms with Crippen molar-refractivity contribution in [3.8, 4) is 12.1 Å². The lowest BCUT2D eigenvalue weighted by molar-refractivity contribution is 0.914. The van der Waals surface area contributed by atoms with Gasteiger partial charge in [0.1, 0.15) is 0 Å². The van der Waals surface area contributed by atoms with Crippen molar-refractivity contribution in [2.24, 2.45) is 0 Å². The van der Waals surface area contributed by atoms with Gasteiger partial charge in [0.15, 0.2) is 0 Å². The third-order valence-electron chi connectivity index (χ3n) is 2.18. The predicted octanol–water partition coefficient (Wildman–Crippen LogP) is 3.34. The first-order chi connectivity index (χ1) is 7.22. The van der Waals surface area contributed by atoms with Crippen LogP contribution in [0, 0.1) is 22.7 Å². The Hall–Kier alpha value is -1.32. The van der Waals surface area contributed by atoms with Crippen LogP contribution in [-0.2, 0) is 12.8 Å². The van der Waals surface area contributed by atoms with Crippen molar-refractivity contribution in [3.05, 3.63) is 33.3 Å². The van der Waals surface area contributed by atoms with E-state index in [0.29, 0.717) is 12.0 Å². The van der Waals surface area contributed by atoms with Crippen LogP contribution >= 0.6 is 15.9 Å². The van der Waals surface area contributed by atoms with Crippen molar-refractivity contribution >= 4 is 15.9 Å². The Labute approximate surface area is 98.3 Å². The van der Waals surface area contributed by atoms with Gasteiger partial charge in [-0.2, -0.15) is 10.5 Å². The summed E-state index contributed by atoms with van der Waals surface area (Å²) in [4.78, 5) is 0. The molecule has 0 bridgehead atoms. The maximum Gasteiger partial charge on any atom is 0.0994 e. The zero-order chi connectivity index (χ0) is 11.3. The fraction of sp³-hybridized carbons (Fsp3) is 0.333. The molecule has 0 amide bonds. The number of nitrogens with zero attached hydrogens (tertiary/aromatic N) is 2. The smallest absolute Gasteiger partial charge is 0.0994 e. The first-order valence-electron chi connectivity index (χ1n) is 4.81. The fourth-order valence-electron chi connectivity index (χ4n) is 1.47. The lowest BCUT2D eigenvalue weighted by Crippen LogP contribution is -1.94. The summed E-state index contributed by atoms with van der Waals surface area (Å²) in [7, 11) is 0. The van der Waals surface area contributed by atoms with Gasteiger partial charge in [-0.25, -0.2) is 0 Å². The maximum absolute atomic E-state index is 8.95. The van der Waals surface area contributed by atoms with E-state index in [-0.39, 0.29) is 0 Å². The van der Waals surface area contributed by atoms with Gasteiger partial charge < -0.3 is 0 Å². The highest BCUT2D eigenvalue weighted by molar-refractivity contribution is 9.10. The van der Waals surface area contributed by atoms with E-state index < -0.39 is 0 Å². The highest BCUT2D eigenvalue weighted by atomic mass is 79.9. The van der Waals surface area contributed by atoms with Crippen LogP contribution in [0.1, 0.15) is 30.0 Å². The number of nitriles is 2. The molecule has 0 saturated heterocycles. The van der Waals surface area contributed by atoms with Gasteiger partial charge in [0.25, 0.3) is 0 Å². The zero-order valence-electron chi connectivity index (χ0n) is 8.55. The summed E-state index contributed by atoms with van der Waals surface area (Å²) >= 11 is 3.37. The van der Waals surface area contributed by atoms with Crippen LogP contribution < -0.4 is 0 Å². The lowest BCUT2D eigenvalue weighted by Gasteiger charge is -2.06. The third-order valence-corrected chi connectivity index (χ3v) is 2.92. The van der Waals surface area contributed by atoms with E-state index in [2.05, 4.69) is 35.0 Å². The van der Waals surface area contributed by atoms with Gasteiger partial charge in [-0.3, -0.25) is 0 Å². The van der Waals surface area contributed by atoms with E-state index >= 15 is 0 Å². The van der Waals surface area contributed by atoms with Gasteiger partial charge in [0.05, 0.1) is 24.1 Å². The molecule has 2 nitrogen and oxygen atoms in total. The van der Waals surface area contributed by atoms with Gasteiger partial charge in [-0.15, -0.1) is 0 Å².